The number of rotatable bonds is 6. The Morgan fingerprint density at radius 1 is 1.20 bits per heavy atom. The molecule has 2 aliphatic rings. The van der Waals surface area contributed by atoms with Gasteiger partial charge in [0.15, 0.2) is 0 Å². The lowest BCUT2D eigenvalue weighted by molar-refractivity contribution is -0.0104. The topological polar surface area (TPSA) is 47.3 Å². The Balaban J connectivity index is 2.08. The summed E-state index contributed by atoms with van der Waals surface area (Å²) in [5.74, 6) is 6.60. The van der Waals surface area contributed by atoms with Gasteiger partial charge in [0, 0.05) is 6.61 Å². The van der Waals surface area contributed by atoms with E-state index in [1.807, 2.05) is 0 Å². The van der Waals surface area contributed by atoms with Crippen LogP contribution >= 0.6 is 0 Å². The van der Waals surface area contributed by atoms with Gasteiger partial charge in [-0.05, 0) is 51.4 Å². The van der Waals surface area contributed by atoms with Gasteiger partial charge < -0.3 is 4.74 Å². The Morgan fingerprint density at radius 3 is 2.65 bits per heavy atom. The molecule has 0 aliphatic heterocycles. The molecule has 3 nitrogen and oxygen atoms in total. The van der Waals surface area contributed by atoms with Crippen molar-refractivity contribution in [2.24, 2.45) is 11.8 Å². The number of hydrazine groups is 1. The third-order valence-electron chi connectivity index (χ3n) is 4.96. The fourth-order valence-corrected chi connectivity index (χ4v) is 3.89. The molecule has 2 unspecified atom stereocenters. The first-order valence-corrected chi connectivity index (χ1v) is 8.63. The molecule has 20 heavy (non-hydrogen) atoms. The van der Waals surface area contributed by atoms with E-state index in [0.717, 1.165) is 6.61 Å². The maximum Gasteiger partial charge on any atom is 0.0807 e. The van der Waals surface area contributed by atoms with E-state index in [2.05, 4.69) is 18.4 Å². The molecule has 1 fully saturated rings. The quantitative estimate of drug-likeness (QED) is 0.443. The van der Waals surface area contributed by atoms with Gasteiger partial charge in [0.2, 0.25) is 0 Å². The van der Waals surface area contributed by atoms with Crippen LogP contribution in [0.15, 0.2) is 11.6 Å². The summed E-state index contributed by atoms with van der Waals surface area (Å²) in [4.78, 5) is 0. The van der Waals surface area contributed by atoms with Crippen LogP contribution in [0.5, 0.6) is 0 Å². The smallest absolute Gasteiger partial charge is 0.0807 e. The van der Waals surface area contributed by atoms with Crippen LogP contribution in [0.3, 0.4) is 0 Å². The van der Waals surface area contributed by atoms with Crippen LogP contribution in [0, 0.1) is 5.92 Å². The molecule has 0 radical (unpaired) electrons. The predicted octanol–water partition coefficient (Wildman–Crippen LogP) is 3.69. The highest BCUT2D eigenvalue weighted by Gasteiger charge is 2.32. The second-order valence-corrected chi connectivity index (χ2v) is 6.34. The fraction of sp³-hybridized carbons (Fsp3) is 0.882. The molecule has 3 N–H and O–H groups in total. The summed E-state index contributed by atoms with van der Waals surface area (Å²) in [5.41, 5.74) is 4.58. The van der Waals surface area contributed by atoms with Crippen molar-refractivity contribution in [3.63, 3.8) is 0 Å². The summed E-state index contributed by atoms with van der Waals surface area (Å²) < 4.78 is 6.15. The summed E-state index contributed by atoms with van der Waals surface area (Å²) in [6.45, 7) is 2.89. The number of hydrogen-bond donors (Lipinski definition) is 2. The van der Waals surface area contributed by atoms with E-state index in [4.69, 9.17) is 10.6 Å². The van der Waals surface area contributed by atoms with Crippen molar-refractivity contribution < 1.29 is 4.74 Å². The first-order valence-electron chi connectivity index (χ1n) is 8.63. The van der Waals surface area contributed by atoms with Crippen molar-refractivity contribution in [3.8, 4) is 0 Å². The Hall–Kier alpha value is -0.380. The van der Waals surface area contributed by atoms with Crippen LogP contribution in [-0.2, 0) is 4.74 Å². The van der Waals surface area contributed by atoms with Gasteiger partial charge in [-0.1, -0.05) is 37.3 Å². The molecule has 0 heterocycles. The van der Waals surface area contributed by atoms with E-state index in [0.29, 0.717) is 5.92 Å². The minimum Gasteiger partial charge on any atom is -0.376 e. The number of nitrogens with two attached hydrogens (primary N) is 1. The number of hydrogen-bond acceptors (Lipinski definition) is 3. The third-order valence-corrected chi connectivity index (χ3v) is 4.96. The molecule has 2 aliphatic carbocycles. The zero-order valence-corrected chi connectivity index (χ0v) is 13.1. The molecule has 0 saturated heterocycles. The van der Waals surface area contributed by atoms with Crippen LogP contribution in [0.25, 0.3) is 0 Å². The van der Waals surface area contributed by atoms with Gasteiger partial charge in [0.1, 0.15) is 0 Å². The maximum atomic E-state index is 6.15. The fourth-order valence-electron chi connectivity index (χ4n) is 3.89. The van der Waals surface area contributed by atoms with Crippen LogP contribution in [0.2, 0.25) is 0 Å². The SMILES string of the molecule is CCOC(C1CCCCC1)C(NN)C1=CCCCCC1. The van der Waals surface area contributed by atoms with Gasteiger partial charge in [0.05, 0.1) is 12.1 Å². The van der Waals surface area contributed by atoms with Crippen molar-refractivity contribution >= 4 is 0 Å². The Bertz CT molecular complexity index is 297. The summed E-state index contributed by atoms with van der Waals surface area (Å²) in [6.07, 6.45) is 15.7. The van der Waals surface area contributed by atoms with Crippen molar-refractivity contribution in [1.82, 2.24) is 5.43 Å². The summed E-state index contributed by atoms with van der Waals surface area (Å²) in [6, 6.07) is 0.219. The molecule has 0 bridgehead atoms. The largest absolute Gasteiger partial charge is 0.376 e. The molecule has 0 aromatic rings. The number of nitrogens with one attached hydrogen (secondary N) is 1. The van der Waals surface area contributed by atoms with Crippen LogP contribution in [-0.4, -0.2) is 18.8 Å². The first kappa shape index (κ1) is 16.0. The van der Waals surface area contributed by atoms with Crippen molar-refractivity contribution in [1.29, 1.82) is 0 Å². The Morgan fingerprint density at radius 2 is 1.95 bits per heavy atom. The maximum absolute atomic E-state index is 6.15. The highest BCUT2D eigenvalue weighted by molar-refractivity contribution is 5.15. The molecule has 0 aromatic carbocycles. The molecule has 3 heteroatoms. The minimum absolute atomic E-state index is 0.219. The third kappa shape index (κ3) is 4.31. The average Bonchev–Trinajstić information content (AvgIpc) is 2.77. The summed E-state index contributed by atoms with van der Waals surface area (Å²) in [7, 11) is 0. The van der Waals surface area contributed by atoms with Gasteiger partial charge in [0.25, 0.3) is 0 Å². The minimum atomic E-state index is 0.219. The van der Waals surface area contributed by atoms with Crippen molar-refractivity contribution in [3.05, 3.63) is 11.6 Å². The number of ether oxygens (including phenoxy) is 1. The molecule has 0 aromatic heterocycles. The van der Waals surface area contributed by atoms with E-state index < -0.39 is 0 Å². The lowest BCUT2D eigenvalue weighted by atomic mass is 9.80. The number of allylic oxidation sites excluding steroid dienone is 1. The Kier molecular flexibility index (Phi) is 7.05. The van der Waals surface area contributed by atoms with Gasteiger partial charge in [-0.15, -0.1) is 0 Å². The van der Waals surface area contributed by atoms with Crippen LogP contribution < -0.4 is 11.3 Å². The molecule has 2 atom stereocenters. The van der Waals surface area contributed by atoms with E-state index >= 15 is 0 Å². The van der Waals surface area contributed by atoms with Gasteiger partial charge in [-0.2, -0.15) is 0 Å². The van der Waals surface area contributed by atoms with E-state index in [9.17, 15) is 0 Å². The van der Waals surface area contributed by atoms with E-state index in [1.165, 1.54) is 69.8 Å². The highest BCUT2D eigenvalue weighted by atomic mass is 16.5. The van der Waals surface area contributed by atoms with E-state index in [1.54, 1.807) is 0 Å². The Labute approximate surface area is 124 Å². The molecule has 0 amide bonds. The standard InChI is InChI=1S/C17H32N2O/c1-2-20-17(15-12-8-5-9-13-15)16(19-18)14-10-6-3-4-7-11-14/h10,15-17,19H,2-9,11-13,18H2,1H3. The molecule has 0 spiro atoms. The lowest BCUT2D eigenvalue weighted by Gasteiger charge is -2.36. The second kappa shape index (κ2) is 8.81. The van der Waals surface area contributed by atoms with Crippen molar-refractivity contribution in [2.45, 2.75) is 83.3 Å². The molecular formula is C17H32N2O. The lowest BCUT2D eigenvalue weighted by Crippen LogP contribution is -2.50. The molecule has 116 valence electrons. The van der Waals surface area contributed by atoms with Crippen LogP contribution in [0.1, 0.15) is 71.1 Å². The zero-order chi connectivity index (χ0) is 14.2. The van der Waals surface area contributed by atoms with Gasteiger partial charge >= 0.3 is 0 Å². The normalized spacial score (nSPS) is 24.8. The highest BCUT2D eigenvalue weighted by Crippen LogP contribution is 2.32. The molecule has 1 saturated carbocycles. The second-order valence-electron chi connectivity index (χ2n) is 6.34. The predicted molar refractivity (Wildman–Crippen MR) is 84.3 cm³/mol. The first-order chi connectivity index (χ1) is 9.86. The summed E-state index contributed by atoms with van der Waals surface area (Å²) in [5, 5.41) is 0. The summed E-state index contributed by atoms with van der Waals surface area (Å²) >= 11 is 0. The van der Waals surface area contributed by atoms with Gasteiger partial charge in [-0.25, -0.2) is 0 Å². The molecule has 2 rings (SSSR count). The van der Waals surface area contributed by atoms with E-state index in [-0.39, 0.29) is 12.1 Å². The average molecular weight is 280 g/mol. The zero-order valence-electron chi connectivity index (χ0n) is 13.1. The van der Waals surface area contributed by atoms with Crippen molar-refractivity contribution in [2.75, 3.05) is 6.61 Å². The van der Waals surface area contributed by atoms with Crippen LogP contribution in [0.4, 0.5) is 0 Å². The monoisotopic (exact) mass is 280 g/mol. The van der Waals surface area contributed by atoms with Gasteiger partial charge in [-0.3, -0.25) is 11.3 Å². The molecular weight excluding hydrogens is 248 g/mol.